The van der Waals surface area contributed by atoms with Gasteiger partial charge in [0.25, 0.3) is 0 Å². The monoisotopic (exact) mass is 465 g/mol. The van der Waals surface area contributed by atoms with Crippen LogP contribution >= 0.6 is 0 Å². The molecule has 0 aromatic heterocycles. The van der Waals surface area contributed by atoms with Gasteiger partial charge in [0.1, 0.15) is 0 Å². The number of unbranched alkanes of at least 4 members (excludes halogenated alkanes) is 20. The van der Waals surface area contributed by atoms with Crippen molar-refractivity contribution >= 4 is 0 Å². The van der Waals surface area contributed by atoms with Crippen molar-refractivity contribution in [1.82, 2.24) is 0 Å². The molecule has 0 bridgehead atoms. The summed E-state index contributed by atoms with van der Waals surface area (Å²) in [4.78, 5) is 0. The molecule has 0 aliphatic rings. The third kappa shape index (κ3) is 16.3. The fraction of sp³-hybridized carbons (Fsp3) is 1.00. The number of rotatable bonds is 23. The summed E-state index contributed by atoms with van der Waals surface area (Å²) >= 11 is 0. The summed E-state index contributed by atoms with van der Waals surface area (Å²) in [5.74, 6) is 0. The summed E-state index contributed by atoms with van der Waals surface area (Å²) in [6.45, 7) is 19.5. The quantitative estimate of drug-likeness (QED) is 0.132. The molecule has 0 nitrogen and oxygen atoms in total. The molecule has 0 heteroatoms. The largest absolute Gasteiger partial charge is 0.0654 e. The van der Waals surface area contributed by atoms with Gasteiger partial charge in [0.15, 0.2) is 0 Å². The van der Waals surface area contributed by atoms with E-state index in [9.17, 15) is 0 Å². The minimum atomic E-state index is 0.365. The highest BCUT2D eigenvalue weighted by molar-refractivity contribution is 4.94. The second-order valence-electron chi connectivity index (χ2n) is 13.6. The molecule has 0 N–H and O–H groups in total. The molecular formula is C33H68. The lowest BCUT2D eigenvalue weighted by Crippen LogP contribution is -2.42. The van der Waals surface area contributed by atoms with E-state index in [4.69, 9.17) is 0 Å². The van der Waals surface area contributed by atoms with Crippen molar-refractivity contribution in [2.75, 3.05) is 0 Å². The van der Waals surface area contributed by atoms with Crippen LogP contribution in [-0.4, -0.2) is 0 Å². The van der Waals surface area contributed by atoms with Crippen molar-refractivity contribution in [3.63, 3.8) is 0 Å². The zero-order valence-corrected chi connectivity index (χ0v) is 25.1. The van der Waals surface area contributed by atoms with Crippen molar-refractivity contribution in [1.29, 1.82) is 0 Å². The Labute approximate surface area is 212 Å². The van der Waals surface area contributed by atoms with Gasteiger partial charge in [0.2, 0.25) is 0 Å². The Morgan fingerprint density at radius 1 is 0.333 bits per heavy atom. The molecule has 0 amide bonds. The second-order valence-corrected chi connectivity index (χ2v) is 13.6. The molecule has 0 fully saturated rings. The minimum absolute atomic E-state index is 0.365. The predicted molar refractivity (Wildman–Crippen MR) is 154 cm³/mol. The molecule has 0 atom stereocenters. The van der Waals surface area contributed by atoms with Crippen LogP contribution in [-0.2, 0) is 0 Å². The molecule has 33 heavy (non-hydrogen) atoms. The summed E-state index contributed by atoms with van der Waals surface area (Å²) in [6.07, 6.45) is 32.1. The van der Waals surface area contributed by atoms with Gasteiger partial charge >= 0.3 is 0 Å². The van der Waals surface area contributed by atoms with Gasteiger partial charge in [0, 0.05) is 0 Å². The van der Waals surface area contributed by atoms with Gasteiger partial charge in [-0.3, -0.25) is 0 Å². The van der Waals surface area contributed by atoms with Gasteiger partial charge in [-0.15, -0.1) is 0 Å². The Bertz CT molecular complexity index is 408. The topological polar surface area (TPSA) is 0 Å². The molecular weight excluding hydrogens is 396 g/mol. The van der Waals surface area contributed by atoms with Gasteiger partial charge in [-0.25, -0.2) is 0 Å². The zero-order valence-electron chi connectivity index (χ0n) is 25.1. The van der Waals surface area contributed by atoms with Crippen molar-refractivity contribution in [3.8, 4) is 0 Å². The highest BCUT2D eigenvalue weighted by Crippen LogP contribution is 2.53. The predicted octanol–water partition coefficient (Wildman–Crippen LogP) is 12.7. The van der Waals surface area contributed by atoms with E-state index >= 15 is 0 Å². The highest BCUT2D eigenvalue weighted by atomic mass is 14.5. The average molecular weight is 465 g/mol. The molecule has 200 valence electrons. The summed E-state index contributed by atoms with van der Waals surface area (Å²) in [6, 6.07) is 0. The van der Waals surface area contributed by atoms with Gasteiger partial charge in [-0.05, 0) is 22.7 Å². The smallest absolute Gasteiger partial charge is 0.0254 e. The van der Waals surface area contributed by atoms with Gasteiger partial charge in [-0.1, -0.05) is 190 Å². The fourth-order valence-corrected chi connectivity index (χ4v) is 5.33. The summed E-state index contributed by atoms with van der Waals surface area (Å²) in [5, 5.41) is 0. The molecule has 0 aliphatic carbocycles. The lowest BCUT2D eigenvalue weighted by Gasteiger charge is -2.51. The van der Waals surface area contributed by atoms with Gasteiger partial charge in [0.05, 0.1) is 0 Å². The molecule has 0 rings (SSSR count). The summed E-state index contributed by atoms with van der Waals surface area (Å²) < 4.78 is 0. The molecule has 0 saturated heterocycles. The van der Waals surface area contributed by atoms with Crippen LogP contribution in [0, 0.1) is 16.2 Å². The van der Waals surface area contributed by atoms with E-state index in [0.717, 1.165) is 0 Å². The molecule has 0 aromatic carbocycles. The molecule has 0 radical (unpaired) electrons. The van der Waals surface area contributed by atoms with E-state index in [1.807, 2.05) is 0 Å². The normalized spacial score (nSPS) is 13.1. The van der Waals surface area contributed by atoms with Crippen LogP contribution in [0.4, 0.5) is 0 Å². The van der Waals surface area contributed by atoms with Gasteiger partial charge in [-0.2, -0.15) is 0 Å². The van der Waals surface area contributed by atoms with E-state index < -0.39 is 0 Å². The van der Waals surface area contributed by atoms with Crippen LogP contribution in [0.3, 0.4) is 0 Å². The van der Waals surface area contributed by atoms with Crippen LogP contribution in [0.25, 0.3) is 0 Å². The zero-order chi connectivity index (χ0) is 25.1. The molecule has 0 heterocycles. The average Bonchev–Trinajstić information content (AvgIpc) is 2.74. The van der Waals surface area contributed by atoms with E-state index in [1.165, 1.54) is 141 Å². The minimum Gasteiger partial charge on any atom is -0.0654 e. The van der Waals surface area contributed by atoms with Crippen LogP contribution in [0.15, 0.2) is 0 Å². The number of hydrogen-bond acceptors (Lipinski definition) is 0. The Hall–Kier alpha value is 0. The third-order valence-corrected chi connectivity index (χ3v) is 9.47. The molecule has 0 aliphatic heterocycles. The van der Waals surface area contributed by atoms with Crippen molar-refractivity contribution in [3.05, 3.63) is 0 Å². The van der Waals surface area contributed by atoms with Crippen LogP contribution in [0.5, 0.6) is 0 Å². The Morgan fingerprint density at radius 3 is 0.818 bits per heavy atom. The molecule has 0 saturated carbocycles. The van der Waals surface area contributed by atoms with E-state index in [2.05, 4.69) is 55.4 Å². The summed E-state index contributed by atoms with van der Waals surface area (Å²) in [5.41, 5.74) is 1.15. The number of hydrogen-bond donors (Lipinski definition) is 0. The molecule has 0 spiro atoms. The SMILES string of the molecule is CCCCCCCCCCCCCCCCCCCCCCCC(C)(C)C(C)(C)C(C)(C)C. The lowest BCUT2D eigenvalue weighted by molar-refractivity contribution is -0.0147. The maximum Gasteiger partial charge on any atom is -0.0254 e. The molecule has 0 aromatic rings. The first-order valence-corrected chi connectivity index (χ1v) is 15.6. The first kappa shape index (κ1) is 33.0. The van der Waals surface area contributed by atoms with Crippen LogP contribution < -0.4 is 0 Å². The first-order chi connectivity index (χ1) is 15.6. The standard InChI is InChI=1S/C33H68/c1-9-10-11-12-13-14-15-16-17-18-19-20-21-22-23-24-25-26-27-28-29-30-32(5,6)33(7,8)31(2,3)4/h9-30H2,1-8H3. The first-order valence-electron chi connectivity index (χ1n) is 15.6. The highest BCUT2D eigenvalue weighted by Gasteiger charge is 2.44. The Kier molecular flexibility index (Phi) is 19.2. The van der Waals surface area contributed by atoms with E-state index in [1.54, 1.807) is 0 Å². The van der Waals surface area contributed by atoms with Crippen LogP contribution in [0.1, 0.15) is 197 Å². The van der Waals surface area contributed by atoms with Crippen molar-refractivity contribution in [2.24, 2.45) is 16.2 Å². The Balaban J connectivity index is 3.36. The maximum absolute atomic E-state index is 2.49. The maximum atomic E-state index is 2.49. The van der Waals surface area contributed by atoms with Crippen molar-refractivity contribution < 1.29 is 0 Å². The van der Waals surface area contributed by atoms with Crippen molar-refractivity contribution in [2.45, 2.75) is 197 Å². The third-order valence-electron chi connectivity index (χ3n) is 9.47. The van der Waals surface area contributed by atoms with E-state index in [-0.39, 0.29) is 0 Å². The van der Waals surface area contributed by atoms with Gasteiger partial charge < -0.3 is 0 Å². The second kappa shape index (κ2) is 19.2. The summed E-state index contributed by atoms with van der Waals surface area (Å²) in [7, 11) is 0. The van der Waals surface area contributed by atoms with E-state index in [0.29, 0.717) is 16.2 Å². The molecule has 0 unspecified atom stereocenters. The fourth-order valence-electron chi connectivity index (χ4n) is 5.33. The lowest BCUT2D eigenvalue weighted by atomic mass is 9.54. The Morgan fingerprint density at radius 2 is 0.576 bits per heavy atom. The van der Waals surface area contributed by atoms with Crippen LogP contribution in [0.2, 0.25) is 0 Å².